The van der Waals surface area contributed by atoms with Gasteiger partial charge in [0.2, 0.25) is 0 Å². The van der Waals surface area contributed by atoms with E-state index in [1.165, 1.54) is 6.07 Å². The summed E-state index contributed by atoms with van der Waals surface area (Å²) in [4.78, 5) is 12.0. The number of fused-ring (bicyclic) bond motifs is 1. The molecule has 0 saturated carbocycles. The van der Waals surface area contributed by atoms with Crippen LogP contribution in [0.5, 0.6) is 5.75 Å². The number of hydrogen-bond acceptors (Lipinski definition) is 4. The van der Waals surface area contributed by atoms with Crippen molar-refractivity contribution in [2.24, 2.45) is 0 Å². The lowest BCUT2D eigenvalue weighted by Crippen LogP contribution is -2.18. The van der Waals surface area contributed by atoms with Gasteiger partial charge in [0.05, 0.1) is 18.0 Å². The Bertz CT molecular complexity index is 1140. The van der Waals surface area contributed by atoms with Gasteiger partial charge in [-0.3, -0.25) is 9.52 Å². The molecule has 0 radical (unpaired) electrons. The van der Waals surface area contributed by atoms with Crippen LogP contribution < -0.4 is 15.0 Å². The monoisotopic (exact) mass is 382 g/mol. The maximum atomic E-state index is 12.6. The van der Waals surface area contributed by atoms with E-state index in [4.69, 9.17) is 4.74 Å². The van der Waals surface area contributed by atoms with Crippen LogP contribution in [0.25, 0.3) is 0 Å². The van der Waals surface area contributed by atoms with E-state index in [1.54, 1.807) is 65.4 Å². The predicted octanol–water partition coefficient (Wildman–Crippen LogP) is 2.63. The zero-order valence-corrected chi connectivity index (χ0v) is 15.3. The SMILES string of the molecule is O=c1ccccn1Cc1ccc(NS(=O)(=O)c2ccc3c(c2)CCO3)cc1. The van der Waals surface area contributed by atoms with Crippen LogP contribution in [0.1, 0.15) is 11.1 Å². The number of rotatable bonds is 5. The van der Waals surface area contributed by atoms with Gasteiger partial charge < -0.3 is 9.30 Å². The molecular formula is C20H18N2O4S. The number of nitrogens with zero attached hydrogens (tertiary/aromatic N) is 1. The highest BCUT2D eigenvalue weighted by molar-refractivity contribution is 7.92. The topological polar surface area (TPSA) is 77.4 Å². The van der Waals surface area contributed by atoms with Gasteiger partial charge in [0, 0.05) is 24.4 Å². The molecule has 0 unspecified atom stereocenters. The third kappa shape index (κ3) is 3.73. The second-order valence-electron chi connectivity index (χ2n) is 6.34. The standard InChI is InChI=1S/C20H18N2O4S/c23-20-3-1-2-11-22(20)14-15-4-6-17(7-5-15)21-27(24,25)18-8-9-19-16(13-18)10-12-26-19/h1-9,11,13,21H,10,12,14H2. The minimum absolute atomic E-state index is 0.0807. The first kappa shape index (κ1) is 17.4. The summed E-state index contributed by atoms with van der Waals surface area (Å²) in [5.74, 6) is 0.745. The predicted molar refractivity (Wildman–Crippen MR) is 103 cm³/mol. The fraction of sp³-hybridized carbons (Fsp3) is 0.150. The van der Waals surface area contributed by atoms with E-state index in [0.29, 0.717) is 25.3 Å². The lowest BCUT2D eigenvalue weighted by molar-refractivity contribution is 0.356. The first-order chi connectivity index (χ1) is 13.0. The highest BCUT2D eigenvalue weighted by Crippen LogP contribution is 2.28. The molecular weight excluding hydrogens is 364 g/mol. The molecule has 0 aliphatic carbocycles. The Kier molecular flexibility index (Phi) is 4.45. The molecule has 2 heterocycles. The molecule has 0 bridgehead atoms. The molecule has 1 aliphatic rings. The lowest BCUT2D eigenvalue weighted by atomic mass is 10.2. The van der Waals surface area contributed by atoms with Crippen LogP contribution in [0.3, 0.4) is 0 Å². The van der Waals surface area contributed by atoms with E-state index in [9.17, 15) is 13.2 Å². The van der Waals surface area contributed by atoms with Crippen LogP contribution in [0.15, 0.2) is 76.6 Å². The van der Waals surface area contributed by atoms with Gasteiger partial charge in [-0.05, 0) is 47.5 Å². The summed E-state index contributed by atoms with van der Waals surface area (Å²) in [5.41, 5.74) is 2.20. The number of benzene rings is 2. The number of pyridine rings is 1. The van der Waals surface area contributed by atoms with Crippen LogP contribution in [0.2, 0.25) is 0 Å². The van der Waals surface area contributed by atoms with E-state index < -0.39 is 10.0 Å². The smallest absolute Gasteiger partial charge is 0.261 e. The Labute approximate surface area is 157 Å². The molecule has 0 spiro atoms. The number of aromatic nitrogens is 1. The molecule has 138 valence electrons. The Morgan fingerprint density at radius 1 is 1.04 bits per heavy atom. The molecule has 0 amide bonds. The van der Waals surface area contributed by atoms with Crippen LogP contribution in [-0.2, 0) is 23.0 Å². The van der Waals surface area contributed by atoms with Gasteiger partial charge in [0.15, 0.2) is 0 Å². The molecule has 6 nitrogen and oxygen atoms in total. The Hall–Kier alpha value is -3.06. The van der Waals surface area contributed by atoms with Crippen molar-refractivity contribution in [1.82, 2.24) is 4.57 Å². The normalized spacial score (nSPS) is 13.0. The maximum Gasteiger partial charge on any atom is 0.261 e. The zero-order valence-electron chi connectivity index (χ0n) is 14.5. The average molecular weight is 382 g/mol. The number of ether oxygens (including phenoxy) is 1. The van der Waals surface area contributed by atoms with Gasteiger partial charge >= 0.3 is 0 Å². The third-order valence-electron chi connectivity index (χ3n) is 4.43. The van der Waals surface area contributed by atoms with E-state index in [0.717, 1.165) is 16.9 Å². The molecule has 27 heavy (non-hydrogen) atoms. The first-order valence-electron chi connectivity index (χ1n) is 8.54. The first-order valence-corrected chi connectivity index (χ1v) is 10.0. The Balaban J connectivity index is 1.51. The maximum absolute atomic E-state index is 12.6. The second kappa shape index (κ2) is 6.92. The minimum atomic E-state index is -3.67. The number of nitrogens with one attached hydrogen (secondary N) is 1. The third-order valence-corrected chi connectivity index (χ3v) is 5.81. The van der Waals surface area contributed by atoms with Crippen molar-refractivity contribution in [1.29, 1.82) is 0 Å². The fourth-order valence-corrected chi connectivity index (χ4v) is 4.12. The number of hydrogen-bond donors (Lipinski definition) is 1. The van der Waals surface area contributed by atoms with Crippen molar-refractivity contribution < 1.29 is 13.2 Å². The van der Waals surface area contributed by atoms with Crippen molar-refractivity contribution in [3.8, 4) is 5.75 Å². The van der Waals surface area contributed by atoms with Crippen LogP contribution in [0, 0.1) is 0 Å². The molecule has 2 aromatic carbocycles. The van der Waals surface area contributed by atoms with Gasteiger partial charge in [-0.1, -0.05) is 18.2 Å². The van der Waals surface area contributed by atoms with Crippen molar-refractivity contribution in [2.75, 3.05) is 11.3 Å². The summed E-state index contributed by atoms with van der Waals surface area (Å²) in [6.07, 6.45) is 2.43. The molecule has 0 atom stereocenters. The molecule has 7 heteroatoms. The second-order valence-corrected chi connectivity index (χ2v) is 8.02. The van der Waals surface area contributed by atoms with E-state index in [1.807, 2.05) is 0 Å². The molecule has 1 aliphatic heterocycles. The molecule has 1 N–H and O–H groups in total. The van der Waals surface area contributed by atoms with Crippen molar-refractivity contribution in [3.05, 3.63) is 88.3 Å². The summed E-state index contributed by atoms with van der Waals surface area (Å²) in [6.45, 7) is 1.01. The molecule has 4 rings (SSSR count). The van der Waals surface area contributed by atoms with Gasteiger partial charge in [0.1, 0.15) is 5.75 Å². The van der Waals surface area contributed by atoms with Crippen LogP contribution in [0.4, 0.5) is 5.69 Å². The summed E-state index contributed by atoms with van der Waals surface area (Å²) < 4.78 is 34.8. The highest BCUT2D eigenvalue weighted by Gasteiger charge is 2.19. The molecule has 0 saturated heterocycles. The summed E-state index contributed by atoms with van der Waals surface area (Å²) in [5, 5.41) is 0. The summed E-state index contributed by atoms with van der Waals surface area (Å²) in [6, 6.07) is 16.9. The largest absolute Gasteiger partial charge is 0.493 e. The Morgan fingerprint density at radius 2 is 1.85 bits per heavy atom. The molecule has 3 aromatic rings. The lowest BCUT2D eigenvalue weighted by Gasteiger charge is -2.10. The number of anilines is 1. The van der Waals surface area contributed by atoms with E-state index >= 15 is 0 Å². The van der Waals surface area contributed by atoms with E-state index in [2.05, 4.69) is 4.72 Å². The molecule has 0 fully saturated rings. The molecule has 1 aromatic heterocycles. The number of sulfonamides is 1. The fourth-order valence-electron chi connectivity index (χ4n) is 3.01. The zero-order chi connectivity index (χ0) is 18.9. The van der Waals surface area contributed by atoms with Gasteiger partial charge in [-0.2, -0.15) is 0 Å². The summed E-state index contributed by atoms with van der Waals surface area (Å²) in [7, 11) is -3.67. The van der Waals surface area contributed by atoms with Crippen molar-refractivity contribution in [2.45, 2.75) is 17.9 Å². The van der Waals surface area contributed by atoms with Gasteiger partial charge in [0.25, 0.3) is 15.6 Å². The van der Waals surface area contributed by atoms with Crippen LogP contribution in [-0.4, -0.2) is 19.6 Å². The quantitative estimate of drug-likeness (QED) is 0.736. The van der Waals surface area contributed by atoms with Crippen molar-refractivity contribution in [3.63, 3.8) is 0 Å². The van der Waals surface area contributed by atoms with Gasteiger partial charge in [-0.15, -0.1) is 0 Å². The minimum Gasteiger partial charge on any atom is -0.493 e. The van der Waals surface area contributed by atoms with E-state index in [-0.39, 0.29) is 10.5 Å². The Morgan fingerprint density at radius 3 is 2.63 bits per heavy atom. The van der Waals surface area contributed by atoms with Crippen molar-refractivity contribution >= 4 is 15.7 Å². The van der Waals surface area contributed by atoms with Crippen LogP contribution >= 0.6 is 0 Å². The van der Waals surface area contributed by atoms with Gasteiger partial charge in [-0.25, -0.2) is 8.42 Å². The highest BCUT2D eigenvalue weighted by atomic mass is 32.2. The summed E-state index contributed by atoms with van der Waals surface area (Å²) >= 11 is 0. The average Bonchev–Trinajstić information content (AvgIpc) is 3.13.